The number of aryl methyl sites for hydroxylation is 3. The molecule has 3 amide bonds. The largest absolute Gasteiger partial charge is 0.378 e. The van der Waals surface area contributed by atoms with Gasteiger partial charge in [0.25, 0.3) is 0 Å². The first-order valence-corrected chi connectivity index (χ1v) is 16.4. The molecule has 2 aromatic heterocycles. The minimum Gasteiger partial charge on any atom is -0.378 e. The lowest BCUT2D eigenvalue weighted by molar-refractivity contribution is -0.130. The lowest BCUT2D eigenvalue weighted by atomic mass is 9.82. The molecular formula is C33H41N7O4S. The zero-order valence-corrected chi connectivity index (χ0v) is 27.3. The van der Waals surface area contributed by atoms with Gasteiger partial charge in [0.1, 0.15) is 10.8 Å². The second-order valence-electron chi connectivity index (χ2n) is 12.5. The number of hydrogen-bond donors (Lipinski definition) is 3. The van der Waals surface area contributed by atoms with Gasteiger partial charge in [-0.25, -0.2) is 0 Å². The summed E-state index contributed by atoms with van der Waals surface area (Å²) in [5.41, 5.74) is 4.14. The van der Waals surface area contributed by atoms with Crippen LogP contribution in [0.4, 0.5) is 0 Å². The summed E-state index contributed by atoms with van der Waals surface area (Å²) >= 11 is 1.73. The molecule has 45 heavy (non-hydrogen) atoms. The van der Waals surface area contributed by atoms with Crippen molar-refractivity contribution in [2.75, 3.05) is 26.3 Å². The SMILES string of the molecule is Cc1ccc(C2(C)N[C@@H](CC(=O)NC3CC(NC(=O)/C=C/C(=O)N4CCOCC4)C3)c3nnc(C)n3-c3sc(C)c(C)c32)cc1. The minimum absolute atomic E-state index is 0.0397. The van der Waals surface area contributed by atoms with Gasteiger partial charge in [-0.3, -0.25) is 24.3 Å². The molecule has 1 aliphatic carbocycles. The average Bonchev–Trinajstić information content (AvgIpc) is 3.50. The van der Waals surface area contributed by atoms with Gasteiger partial charge in [-0.1, -0.05) is 29.8 Å². The number of amides is 3. The molecule has 11 nitrogen and oxygen atoms in total. The highest BCUT2D eigenvalue weighted by Gasteiger charge is 2.43. The molecule has 1 saturated carbocycles. The zero-order valence-electron chi connectivity index (χ0n) is 26.5. The van der Waals surface area contributed by atoms with Crippen molar-refractivity contribution < 1.29 is 19.1 Å². The van der Waals surface area contributed by atoms with Gasteiger partial charge in [0.15, 0.2) is 5.82 Å². The van der Waals surface area contributed by atoms with Crippen molar-refractivity contribution in [2.24, 2.45) is 0 Å². The van der Waals surface area contributed by atoms with Crippen LogP contribution in [0.15, 0.2) is 36.4 Å². The molecule has 0 spiro atoms. The van der Waals surface area contributed by atoms with E-state index in [4.69, 9.17) is 4.74 Å². The van der Waals surface area contributed by atoms with Gasteiger partial charge in [0, 0.05) is 54.2 Å². The van der Waals surface area contributed by atoms with E-state index in [9.17, 15) is 14.4 Å². The Morgan fingerprint density at radius 1 is 1.02 bits per heavy atom. The maximum absolute atomic E-state index is 13.5. The average molecular weight is 632 g/mol. The molecule has 238 valence electrons. The lowest BCUT2D eigenvalue weighted by Crippen LogP contribution is -2.54. The molecule has 6 rings (SSSR count). The number of morpholine rings is 1. The van der Waals surface area contributed by atoms with E-state index < -0.39 is 5.54 Å². The summed E-state index contributed by atoms with van der Waals surface area (Å²) in [6.07, 6.45) is 4.05. The second-order valence-corrected chi connectivity index (χ2v) is 13.7. The maximum atomic E-state index is 13.5. The van der Waals surface area contributed by atoms with E-state index in [-0.39, 0.29) is 42.3 Å². The number of hydrogen-bond acceptors (Lipinski definition) is 8. The van der Waals surface area contributed by atoms with Crippen molar-refractivity contribution in [3.8, 4) is 5.00 Å². The van der Waals surface area contributed by atoms with Crippen LogP contribution in [0.25, 0.3) is 5.00 Å². The molecule has 3 aromatic rings. The van der Waals surface area contributed by atoms with E-state index in [2.05, 4.69) is 82.7 Å². The molecule has 4 heterocycles. The van der Waals surface area contributed by atoms with Crippen molar-refractivity contribution in [1.82, 2.24) is 35.6 Å². The van der Waals surface area contributed by atoms with Crippen molar-refractivity contribution >= 4 is 29.1 Å². The van der Waals surface area contributed by atoms with Crippen LogP contribution in [-0.2, 0) is 24.7 Å². The van der Waals surface area contributed by atoms with Crippen molar-refractivity contribution in [2.45, 2.75) is 77.5 Å². The number of carbonyl (C=O) groups excluding carboxylic acids is 3. The monoisotopic (exact) mass is 631 g/mol. The number of rotatable bonds is 7. The number of fused-ring (bicyclic) bond motifs is 3. The van der Waals surface area contributed by atoms with Crippen LogP contribution in [0.1, 0.15) is 71.0 Å². The van der Waals surface area contributed by atoms with Crippen LogP contribution in [0.2, 0.25) is 0 Å². The highest BCUT2D eigenvalue weighted by molar-refractivity contribution is 7.14. The van der Waals surface area contributed by atoms with Crippen LogP contribution < -0.4 is 16.0 Å². The Bertz CT molecular complexity index is 1630. The van der Waals surface area contributed by atoms with Gasteiger partial charge in [-0.15, -0.1) is 21.5 Å². The normalized spacial score (nSPS) is 24.4. The fourth-order valence-electron chi connectivity index (χ4n) is 6.56. The number of carbonyl (C=O) groups is 3. The van der Waals surface area contributed by atoms with Gasteiger partial charge >= 0.3 is 0 Å². The minimum atomic E-state index is -0.571. The third kappa shape index (κ3) is 6.18. The van der Waals surface area contributed by atoms with Crippen LogP contribution >= 0.6 is 11.3 Å². The zero-order chi connectivity index (χ0) is 31.9. The fourth-order valence-corrected chi connectivity index (χ4v) is 7.89. The quantitative estimate of drug-likeness (QED) is 0.342. The molecule has 12 heteroatoms. The first-order chi connectivity index (χ1) is 21.5. The van der Waals surface area contributed by atoms with Gasteiger partial charge in [0.2, 0.25) is 17.7 Å². The molecule has 2 fully saturated rings. The molecular weight excluding hydrogens is 590 g/mol. The van der Waals surface area contributed by atoms with E-state index in [0.717, 1.165) is 22.2 Å². The molecule has 3 aliphatic rings. The van der Waals surface area contributed by atoms with Gasteiger partial charge in [-0.2, -0.15) is 0 Å². The number of thiophene rings is 1. The van der Waals surface area contributed by atoms with Gasteiger partial charge in [0.05, 0.1) is 24.8 Å². The number of ether oxygens (including phenoxy) is 1. The van der Waals surface area contributed by atoms with Crippen LogP contribution in [0.5, 0.6) is 0 Å². The summed E-state index contributed by atoms with van der Waals surface area (Å²) in [4.78, 5) is 41.0. The topological polar surface area (TPSA) is 130 Å². The molecule has 1 aromatic carbocycles. The number of nitrogens with zero attached hydrogens (tertiary/aromatic N) is 4. The molecule has 3 N–H and O–H groups in total. The molecule has 0 radical (unpaired) electrons. The Hall–Kier alpha value is -3.87. The molecule has 0 bridgehead atoms. The summed E-state index contributed by atoms with van der Waals surface area (Å²) in [7, 11) is 0. The Morgan fingerprint density at radius 3 is 2.42 bits per heavy atom. The first-order valence-electron chi connectivity index (χ1n) is 15.6. The summed E-state index contributed by atoms with van der Waals surface area (Å²) in [6, 6.07) is 8.08. The number of nitrogens with one attached hydrogen (secondary N) is 3. The van der Waals surface area contributed by atoms with E-state index >= 15 is 0 Å². The lowest BCUT2D eigenvalue weighted by Gasteiger charge is -2.37. The molecule has 2 aliphatic heterocycles. The Morgan fingerprint density at radius 2 is 1.71 bits per heavy atom. The Balaban J connectivity index is 1.12. The number of benzene rings is 1. The summed E-state index contributed by atoms with van der Waals surface area (Å²) in [5.74, 6) is 0.917. The summed E-state index contributed by atoms with van der Waals surface area (Å²) in [6.45, 7) is 12.6. The first kappa shape index (κ1) is 31.1. The molecule has 1 unspecified atom stereocenters. The summed E-state index contributed by atoms with van der Waals surface area (Å²) in [5, 5.41) is 20.0. The third-order valence-corrected chi connectivity index (χ3v) is 10.5. The van der Waals surface area contributed by atoms with Crippen molar-refractivity contribution in [1.29, 1.82) is 0 Å². The second kappa shape index (κ2) is 12.5. The third-order valence-electron chi connectivity index (χ3n) is 9.26. The summed E-state index contributed by atoms with van der Waals surface area (Å²) < 4.78 is 7.37. The molecule has 2 atom stereocenters. The van der Waals surface area contributed by atoms with E-state index in [1.807, 2.05) is 6.92 Å². The predicted octanol–water partition coefficient (Wildman–Crippen LogP) is 3.04. The number of aromatic nitrogens is 3. The van der Waals surface area contributed by atoms with Gasteiger partial charge in [-0.05, 0) is 58.6 Å². The Kier molecular flexibility index (Phi) is 8.64. The van der Waals surface area contributed by atoms with Gasteiger partial charge < -0.3 is 20.3 Å². The smallest absolute Gasteiger partial charge is 0.246 e. The highest BCUT2D eigenvalue weighted by Crippen LogP contribution is 2.46. The predicted molar refractivity (Wildman–Crippen MR) is 171 cm³/mol. The highest BCUT2D eigenvalue weighted by atomic mass is 32.1. The van der Waals surface area contributed by atoms with E-state index in [0.29, 0.717) is 39.1 Å². The van der Waals surface area contributed by atoms with E-state index in [1.165, 1.54) is 33.7 Å². The fraction of sp³-hybridized carbons (Fsp3) is 0.485. The Labute approximate surface area is 267 Å². The van der Waals surface area contributed by atoms with Crippen molar-refractivity contribution in [3.63, 3.8) is 0 Å². The maximum Gasteiger partial charge on any atom is 0.246 e. The van der Waals surface area contributed by atoms with Crippen LogP contribution in [0, 0.1) is 27.7 Å². The van der Waals surface area contributed by atoms with Crippen LogP contribution in [0.3, 0.4) is 0 Å². The van der Waals surface area contributed by atoms with Crippen molar-refractivity contribution in [3.05, 3.63) is 75.2 Å². The standard InChI is InChI=1S/C33H41N7O4S/c1-19-6-8-23(9-7-19)33(5)30-20(2)21(3)45-32(30)40-22(4)37-38-31(40)26(36-33)18-28(42)35-25-16-24(17-25)34-27(41)10-11-29(43)39-12-14-44-15-13-39/h6-11,24-26,36H,12-18H2,1-5H3,(H,34,41)(H,35,42)/b11-10+/t24?,25?,26-,33?/m0/s1. The van der Waals surface area contributed by atoms with Crippen LogP contribution in [-0.4, -0.2) is 75.8 Å². The molecule has 1 saturated heterocycles. The van der Waals surface area contributed by atoms with E-state index in [1.54, 1.807) is 16.2 Å².